The standard InChI is InChI=1S/C18H16FN3O2/c19-15-9-5-4-6-13(15)10-11-16(23)20-12-17-21-22-18(24-17)14-7-2-1-3-8-14/h1-9H,10-12H2,(H,20,23). The van der Waals surface area contributed by atoms with Gasteiger partial charge in [-0.1, -0.05) is 36.4 Å². The summed E-state index contributed by atoms with van der Waals surface area (Å²) >= 11 is 0. The third-order valence-corrected chi connectivity index (χ3v) is 3.50. The number of benzene rings is 2. The van der Waals surface area contributed by atoms with Gasteiger partial charge in [0.05, 0.1) is 6.54 Å². The molecule has 0 fully saturated rings. The minimum atomic E-state index is -0.297. The molecule has 24 heavy (non-hydrogen) atoms. The highest BCUT2D eigenvalue weighted by Crippen LogP contribution is 2.16. The molecule has 2 aromatic carbocycles. The topological polar surface area (TPSA) is 68.0 Å². The molecule has 0 unspecified atom stereocenters. The maximum Gasteiger partial charge on any atom is 0.247 e. The summed E-state index contributed by atoms with van der Waals surface area (Å²) in [6.45, 7) is 0.149. The quantitative estimate of drug-likeness (QED) is 0.756. The summed E-state index contributed by atoms with van der Waals surface area (Å²) < 4.78 is 19.0. The molecular formula is C18H16FN3O2. The van der Waals surface area contributed by atoms with Gasteiger partial charge >= 0.3 is 0 Å². The number of hydrogen-bond acceptors (Lipinski definition) is 4. The number of amides is 1. The number of nitrogens with zero attached hydrogens (tertiary/aromatic N) is 2. The molecule has 122 valence electrons. The van der Waals surface area contributed by atoms with Crippen LogP contribution in [0.1, 0.15) is 17.9 Å². The molecule has 0 aliphatic heterocycles. The van der Waals surface area contributed by atoms with Crippen LogP contribution in [0.15, 0.2) is 59.0 Å². The first-order valence-electron chi connectivity index (χ1n) is 7.60. The first-order valence-corrected chi connectivity index (χ1v) is 7.60. The van der Waals surface area contributed by atoms with Gasteiger partial charge in [0.2, 0.25) is 17.7 Å². The van der Waals surface area contributed by atoms with Gasteiger partial charge in [-0.3, -0.25) is 4.79 Å². The predicted octanol–water partition coefficient (Wildman–Crippen LogP) is 3.12. The van der Waals surface area contributed by atoms with E-state index in [0.29, 0.717) is 23.8 Å². The molecule has 0 radical (unpaired) electrons. The highest BCUT2D eigenvalue weighted by Gasteiger charge is 2.10. The Bertz CT molecular complexity index is 818. The molecule has 0 spiro atoms. The average Bonchev–Trinajstić information content (AvgIpc) is 3.09. The highest BCUT2D eigenvalue weighted by molar-refractivity contribution is 5.76. The van der Waals surface area contributed by atoms with Crippen molar-refractivity contribution in [3.63, 3.8) is 0 Å². The Morgan fingerprint density at radius 3 is 2.58 bits per heavy atom. The van der Waals surface area contributed by atoms with Crippen LogP contribution in [0, 0.1) is 5.82 Å². The number of aryl methyl sites for hydroxylation is 1. The van der Waals surface area contributed by atoms with Crippen molar-refractivity contribution in [3.05, 3.63) is 71.9 Å². The van der Waals surface area contributed by atoms with Gasteiger partial charge in [0.15, 0.2) is 0 Å². The minimum absolute atomic E-state index is 0.149. The number of rotatable bonds is 6. The fourth-order valence-electron chi connectivity index (χ4n) is 2.23. The lowest BCUT2D eigenvalue weighted by Crippen LogP contribution is -2.23. The molecule has 0 aliphatic rings. The Balaban J connectivity index is 1.50. The first-order chi connectivity index (χ1) is 11.7. The van der Waals surface area contributed by atoms with E-state index in [9.17, 15) is 9.18 Å². The Morgan fingerprint density at radius 1 is 1.04 bits per heavy atom. The van der Waals surface area contributed by atoms with Crippen LogP contribution in [-0.4, -0.2) is 16.1 Å². The number of nitrogens with one attached hydrogen (secondary N) is 1. The molecule has 1 heterocycles. The van der Waals surface area contributed by atoms with Gasteiger partial charge in [-0.05, 0) is 30.2 Å². The zero-order chi connectivity index (χ0) is 16.8. The second-order valence-corrected chi connectivity index (χ2v) is 5.24. The smallest absolute Gasteiger partial charge is 0.247 e. The normalized spacial score (nSPS) is 10.5. The molecule has 0 aliphatic carbocycles. The molecule has 0 saturated heterocycles. The lowest BCUT2D eigenvalue weighted by molar-refractivity contribution is -0.121. The van der Waals surface area contributed by atoms with E-state index in [-0.39, 0.29) is 24.7 Å². The highest BCUT2D eigenvalue weighted by atomic mass is 19.1. The van der Waals surface area contributed by atoms with Crippen molar-refractivity contribution in [2.24, 2.45) is 0 Å². The van der Waals surface area contributed by atoms with Crippen LogP contribution < -0.4 is 5.32 Å². The third-order valence-electron chi connectivity index (χ3n) is 3.50. The maximum absolute atomic E-state index is 13.5. The van der Waals surface area contributed by atoms with E-state index < -0.39 is 0 Å². The summed E-state index contributed by atoms with van der Waals surface area (Å²) in [4.78, 5) is 11.9. The van der Waals surface area contributed by atoms with Crippen molar-refractivity contribution in [1.82, 2.24) is 15.5 Å². The summed E-state index contributed by atoms with van der Waals surface area (Å²) in [7, 11) is 0. The lowest BCUT2D eigenvalue weighted by Gasteiger charge is -2.04. The Labute approximate surface area is 138 Å². The number of halogens is 1. The minimum Gasteiger partial charge on any atom is -0.419 e. The van der Waals surface area contributed by atoms with Gasteiger partial charge in [0.25, 0.3) is 0 Å². The average molecular weight is 325 g/mol. The van der Waals surface area contributed by atoms with Crippen LogP contribution in [0.5, 0.6) is 0 Å². The van der Waals surface area contributed by atoms with Crippen molar-refractivity contribution < 1.29 is 13.6 Å². The molecule has 0 saturated carbocycles. The molecule has 0 bridgehead atoms. The van der Waals surface area contributed by atoms with Gasteiger partial charge in [0, 0.05) is 12.0 Å². The molecule has 1 aromatic heterocycles. The zero-order valence-corrected chi connectivity index (χ0v) is 12.9. The molecule has 3 rings (SSSR count). The van der Waals surface area contributed by atoms with E-state index in [2.05, 4.69) is 15.5 Å². The van der Waals surface area contributed by atoms with Crippen molar-refractivity contribution in [1.29, 1.82) is 0 Å². The maximum atomic E-state index is 13.5. The van der Waals surface area contributed by atoms with E-state index in [1.165, 1.54) is 6.07 Å². The zero-order valence-electron chi connectivity index (χ0n) is 12.9. The third kappa shape index (κ3) is 4.04. The van der Waals surface area contributed by atoms with Crippen LogP contribution in [0.25, 0.3) is 11.5 Å². The van der Waals surface area contributed by atoms with Crippen molar-refractivity contribution in [3.8, 4) is 11.5 Å². The largest absolute Gasteiger partial charge is 0.419 e. The SMILES string of the molecule is O=C(CCc1ccccc1F)NCc1nnc(-c2ccccc2)o1. The summed E-state index contributed by atoms with van der Waals surface area (Å²) in [6.07, 6.45) is 0.540. The van der Waals surface area contributed by atoms with Crippen LogP contribution in [0.2, 0.25) is 0 Å². The Hall–Kier alpha value is -3.02. The second kappa shape index (κ2) is 7.50. The van der Waals surface area contributed by atoms with Gasteiger partial charge in [-0.15, -0.1) is 10.2 Å². The summed E-state index contributed by atoms with van der Waals surface area (Å²) in [5.41, 5.74) is 1.35. The molecule has 6 heteroatoms. The predicted molar refractivity (Wildman–Crippen MR) is 86.3 cm³/mol. The molecule has 5 nitrogen and oxygen atoms in total. The molecule has 3 aromatic rings. The summed E-state index contributed by atoms with van der Waals surface area (Å²) in [5.74, 6) is 0.242. The van der Waals surface area contributed by atoms with E-state index in [0.717, 1.165) is 5.56 Å². The molecule has 1 N–H and O–H groups in total. The monoisotopic (exact) mass is 325 g/mol. The van der Waals surface area contributed by atoms with Gasteiger partial charge in [0.1, 0.15) is 5.82 Å². The Kier molecular flexibility index (Phi) is 4.96. The van der Waals surface area contributed by atoms with Gasteiger partial charge in [-0.2, -0.15) is 0 Å². The number of carbonyl (C=O) groups excluding carboxylic acids is 1. The Morgan fingerprint density at radius 2 is 1.79 bits per heavy atom. The van der Waals surface area contributed by atoms with Crippen LogP contribution >= 0.6 is 0 Å². The van der Waals surface area contributed by atoms with Crippen molar-refractivity contribution in [2.45, 2.75) is 19.4 Å². The van der Waals surface area contributed by atoms with Crippen molar-refractivity contribution >= 4 is 5.91 Å². The fraction of sp³-hybridized carbons (Fsp3) is 0.167. The first kappa shape index (κ1) is 15.9. The van der Waals surface area contributed by atoms with Gasteiger partial charge < -0.3 is 9.73 Å². The van der Waals surface area contributed by atoms with Crippen LogP contribution in [-0.2, 0) is 17.8 Å². The van der Waals surface area contributed by atoms with E-state index >= 15 is 0 Å². The molecule has 0 atom stereocenters. The van der Waals surface area contributed by atoms with Crippen molar-refractivity contribution in [2.75, 3.05) is 0 Å². The number of carbonyl (C=O) groups is 1. The van der Waals surface area contributed by atoms with E-state index in [4.69, 9.17) is 4.42 Å². The number of hydrogen-bond donors (Lipinski definition) is 1. The van der Waals surface area contributed by atoms with E-state index in [1.807, 2.05) is 30.3 Å². The summed E-state index contributed by atoms with van der Waals surface area (Å²) in [6, 6.07) is 15.8. The second-order valence-electron chi connectivity index (χ2n) is 5.24. The molecular weight excluding hydrogens is 309 g/mol. The van der Waals surface area contributed by atoms with Gasteiger partial charge in [-0.25, -0.2) is 4.39 Å². The molecule has 1 amide bonds. The lowest BCUT2D eigenvalue weighted by atomic mass is 10.1. The van der Waals surface area contributed by atoms with E-state index in [1.54, 1.807) is 18.2 Å². The summed E-state index contributed by atoms with van der Waals surface area (Å²) in [5, 5.41) is 10.6. The number of aromatic nitrogens is 2. The fourth-order valence-corrected chi connectivity index (χ4v) is 2.23. The van der Waals surface area contributed by atoms with Crippen LogP contribution in [0.3, 0.4) is 0 Å². The van der Waals surface area contributed by atoms with Crippen LogP contribution in [0.4, 0.5) is 4.39 Å².